The molecule has 1 amide bonds. The molecule has 1 saturated carbocycles. The van der Waals surface area contributed by atoms with E-state index in [0.717, 1.165) is 37.9 Å². The second-order valence-electron chi connectivity index (χ2n) is 11.2. The van der Waals surface area contributed by atoms with Crippen molar-refractivity contribution in [2.45, 2.75) is 75.0 Å². The Balaban J connectivity index is 1.53. The largest absolute Gasteiger partial charge is 0.399 e. The average molecular weight is 544 g/mol. The van der Waals surface area contributed by atoms with Crippen molar-refractivity contribution in [2.24, 2.45) is 11.8 Å². The third-order valence-corrected chi connectivity index (χ3v) is 9.54. The van der Waals surface area contributed by atoms with Gasteiger partial charge in [0, 0.05) is 31.3 Å². The fourth-order valence-electron chi connectivity index (χ4n) is 5.68. The molecule has 4 atom stereocenters. The highest BCUT2D eigenvalue weighted by Crippen LogP contribution is 2.44. The summed E-state index contributed by atoms with van der Waals surface area (Å²) in [5.41, 5.74) is 7.00. The number of rotatable bonds is 11. The first-order valence-electron chi connectivity index (χ1n) is 13.6. The van der Waals surface area contributed by atoms with E-state index in [2.05, 4.69) is 5.32 Å². The van der Waals surface area contributed by atoms with Crippen molar-refractivity contribution >= 4 is 21.6 Å². The number of hydrogen-bond donors (Lipinski definition) is 3. The van der Waals surface area contributed by atoms with E-state index in [0.29, 0.717) is 18.5 Å². The Hall–Kier alpha value is -2.46. The van der Waals surface area contributed by atoms with Gasteiger partial charge in [0.25, 0.3) is 0 Å². The van der Waals surface area contributed by atoms with Crippen molar-refractivity contribution in [1.29, 1.82) is 0 Å². The number of nitrogens with zero attached hydrogens (tertiary/aromatic N) is 1. The van der Waals surface area contributed by atoms with Crippen LogP contribution in [0.15, 0.2) is 59.5 Å². The smallest absolute Gasteiger partial charge is 0.243 e. The number of nitrogens with two attached hydrogens (primary N) is 1. The van der Waals surface area contributed by atoms with Crippen LogP contribution in [-0.2, 0) is 26.0 Å². The second-order valence-corrected chi connectivity index (χ2v) is 13.2. The second kappa shape index (κ2) is 12.2. The number of aliphatic hydroxyl groups is 1. The van der Waals surface area contributed by atoms with Gasteiger partial charge in [-0.15, -0.1) is 0 Å². The van der Waals surface area contributed by atoms with Crippen LogP contribution in [0, 0.1) is 11.8 Å². The highest BCUT2D eigenvalue weighted by Gasteiger charge is 2.45. The van der Waals surface area contributed by atoms with Crippen molar-refractivity contribution in [2.75, 3.05) is 25.4 Å². The molecular weight excluding hydrogens is 502 g/mol. The number of nitrogen functional groups attached to an aromatic ring is 1. The third-order valence-electron chi connectivity index (χ3n) is 7.69. The van der Waals surface area contributed by atoms with Gasteiger partial charge in [0.1, 0.15) is 0 Å². The van der Waals surface area contributed by atoms with Crippen LogP contribution in [0.2, 0.25) is 0 Å². The number of amides is 1. The van der Waals surface area contributed by atoms with Gasteiger partial charge in [0.15, 0.2) is 0 Å². The zero-order chi connectivity index (χ0) is 27.3. The molecule has 2 fully saturated rings. The van der Waals surface area contributed by atoms with Crippen LogP contribution in [0.5, 0.6) is 0 Å². The Labute approximate surface area is 226 Å². The molecule has 1 heterocycles. The van der Waals surface area contributed by atoms with Crippen molar-refractivity contribution in [3.63, 3.8) is 0 Å². The quantitative estimate of drug-likeness (QED) is 0.374. The minimum absolute atomic E-state index is 0.0361. The summed E-state index contributed by atoms with van der Waals surface area (Å²) < 4.78 is 34.4. The van der Waals surface area contributed by atoms with Gasteiger partial charge >= 0.3 is 0 Å². The molecule has 0 aromatic heterocycles. The molecule has 38 heavy (non-hydrogen) atoms. The lowest BCUT2D eigenvalue weighted by molar-refractivity contribution is -0.127. The molecule has 0 radical (unpaired) electrons. The summed E-state index contributed by atoms with van der Waals surface area (Å²) in [5, 5.41) is 14.5. The van der Waals surface area contributed by atoms with Crippen LogP contribution in [0.4, 0.5) is 5.69 Å². The summed E-state index contributed by atoms with van der Waals surface area (Å²) in [6.45, 7) is 4.71. The Bertz CT molecular complexity index is 1160. The maximum Gasteiger partial charge on any atom is 0.243 e. The molecule has 1 aliphatic carbocycles. The van der Waals surface area contributed by atoms with Crippen molar-refractivity contribution in [1.82, 2.24) is 9.62 Å². The minimum atomic E-state index is -3.89. The number of aliphatic hydroxyl groups excluding tert-OH is 1. The highest BCUT2D eigenvalue weighted by molar-refractivity contribution is 7.89. The highest BCUT2D eigenvalue weighted by atomic mass is 32.2. The fraction of sp³-hybridized carbons (Fsp3) is 0.552. The van der Waals surface area contributed by atoms with E-state index in [4.69, 9.17) is 10.5 Å². The van der Waals surface area contributed by atoms with Crippen molar-refractivity contribution in [3.05, 3.63) is 60.2 Å². The molecule has 1 saturated heterocycles. The van der Waals surface area contributed by atoms with E-state index < -0.39 is 22.2 Å². The minimum Gasteiger partial charge on any atom is -0.399 e. The number of hydrogen-bond acceptors (Lipinski definition) is 6. The average Bonchev–Trinajstić information content (AvgIpc) is 3.53. The lowest BCUT2D eigenvalue weighted by atomic mass is 9.95. The first-order valence-corrected chi connectivity index (χ1v) is 15.0. The zero-order valence-corrected chi connectivity index (χ0v) is 23.2. The number of sulfonamides is 1. The molecule has 2 aromatic rings. The Morgan fingerprint density at radius 3 is 2.47 bits per heavy atom. The summed E-state index contributed by atoms with van der Waals surface area (Å²) >= 11 is 0. The van der Waals surface area contributed by atoms with E-state index in [1.165, 1.54) is 16.4 Å². The molecule has 1 aliphatic heterocycles. The summed E-state index contributed by atoms with van der Waals surface area (Å²) in [6, 6.07) is 15.0. The van der Waals surface area contributed by atoms with Gasteiger partial charge in [0.05, 0.1) is 22.6 Å². The summed E-state index contributed by atoms with van der Waals surface area (Å²) in [4.78, 5) is 13.5. The summed E-state index contributed by atoms with van der Waals surface area (Å²) in [6.07, 6.45) is 3.61. The third kappa shape index (κ3) is 6.94. The standard InChI is InChI=1S/C29H41N3O5S/c1-21(2)19-32(38(35,36)25-11-9-24(30)10-12-25)20-27(33)26(17-22-7-4-3-5-8-22)31-28(34)23-13-15-29(18-23)14-6-16-37-29/h3-5,7-12,21,23,26-27,33H,6,13-20,30H2,1-2H3,(H,31,34)/t23?,26-,27+,29?/m0/s1. The van der Waals surface area contributed by atoms with Gasteiger partial charge in [-0.1, -0.05) is 44.2 Å². The van der Waals surface area contributed by atoms with Crippen molar-refractivity contribution in [3.8, 4) is 0 Å². The number of benzene rings is 2. The first-order chi connectivity index (χ1) is 18.1. The van der Waals surface area contributed by atoms with Gasteiger partial charge in [-0.25, -0.2) is 8.42 Å². The van der Waals surface area contributed by atoms with Crippen LogP contribution in [0.3, 0.4) is 0 Å². The van der Waals surface area contributed by atoms with Crippen molar-refractivity contribution < 1.29 is 23.1 Å². The monoisotopic (exact) mass is 543 g/mol. The summed E-state index contributed by atoms with van der Waals surface area (Å²) in [5.74, 6) is -0.244. The molecule has 2 aromatic carbocycles. The maximum absolute atomic E-state index is 13.5. The maximum atomic E-state index is 13.5. The number of anilines is 1. The topological polar surface area (TPSA) is 122 Å². The van der Waals surface area contributed by atoms with E-state index in [9.17, 15) is 18.3 Å². The molecule has 0 bridgehead atoms. The van der Waals surface area contributed by atoms with Gasteiger partial charge in [0.2, 0.25) is 15.9 Å². The normalized spacial score (nSPS) is 23.2. The molecule has 2 unspecified atom stereocenters. The number of ether oxygens (including phenoxy) is 1. The molecule has 208 valence electrons. The number of nitrogens with one attached hydrogen (secondary N) is 1. The Morgan fingerprint density at radius 2 is 1.84 bits per heavy atom. The zero-order valence-electron chi connectivity index (χ0n) is 22.4. The lowest BCUT2D eigenvalue weighted by Crippen LogP contribution is -2.52. The van der Waals surface area contributed by atoms with Crippen LogP contribution in [0.1, 0.15) is 51.5 Å². The van der Waals surface area contributed by atoms with Crippen LogP contribution in [-0.4, -0.2) is 61.2 Å². The van der Waals surface area contributed by atoms with E-state index in [-0.39, 0.29) is 41.3 Å². The molecule has 4 rings (SSSR count). The molecular formula is C29H41N3O5S. The predicted octanol–water partition coefficient (Wildman–Crippen LogP) is 3.35. The summed E-state index contributed by atoms with van der Waals surface area (Å²) in [7, 11) is -3.89. The van der Waals surface area contributed by atoms with E-state index in [1.807, 2.05) is 44.2 Å². The first kappa shape index (κ1) is 28.5. The SMILES string of the molecule is CC(C)CN(C[C@@H](O)[C@H](Cc1ccccc1)NC(=O)C1CCC2(CCCO2)C1)S(=O)(=O)c1ccc(N)cc1. The lowest BCUT2D eigenvalue weighted by Gasteiger charge is -2.31. The fourth-order valence-corrected chi connectivity index (χ4v) is 7.30. The predicted molar refractivity (Wildman–Crippen MR) is 148 cm³/mol. The molecule has 4 N–H and O–H groups in total. The molecule has 2 aliphatic rings. The number of carbonyl (C=O) groups excluding carboxylic acids is 1. The molecule has 9 heteroatoms. The molecule has 8 nitrogen and oxygen atoms in total. The van der Waals surface area contributed by atoms with Gasteiger partial charge in [-0.3, -0.25) is 4.79 Å². The van der Waals surface area contributed by atoms with Gasteiger partial charge < -0.3 is 20.9 Å². The van der Waals surface area contributed by atoms with E-state index >= 15 is 0 Å². The van der Waals surface area contributed by atoms with Gasteiger partial charge in [-0.2, -0.15) is 4.31 Å². The number of carbonyl (C=O) groups is 1. The van der Waals surface area contributed by atoms with Crippen LogP contribution >= 0.6 is 0 Å². The molecule has 1 spiro atoms. The van der Waals surface area contributed by atoms with Crippen LogP contribution < -0.4 is 11.1 Å². The Kier molecular flexibility index (Phi) is 9.13. The van der Waals surface area contributed by atoms with Crippen LogP contribution in [0.25, 0.3) is 0 Å². The van der Waals surface area contributed by atoms with E-state index in [1.54, 1.807) is 12.1 Å². The Morgan fingerprint density at radius 1 is 1.13 bits per heavy atom. The van der Waals surface area contributed by atoms with Gasteiger partial charge in [-0.05, 0) is 74.3 Å².